The van der Waals surface area contributed by atoms with Crippen LogP contribution in [0.25, 0.3) is 0 Å². The van der Waals surface area contributed by atoms with Crippen molar-refractivity contribution in [1.82, 2.24) is 0 Å². The Labute approximate surface area is 132 Å². The quantitative estimate of drug-likeness (QED) is 0.667. The van der Waals surface area contributed by atoms with E-state index in [0.717, 1.165) is 31.6 Å². The molecular weight excluding hydrogens is 260 g/mol. The van der Waals surface area contributed by atoms with Gasteiger partial charge >= 0.3 is 0 Å². The van der Waals surface area contributed by atoms with E-state index in [2.05, 4.69) is 20.8 Å². The van der Waals surface area contributed by atoms with Crippen molar-refractivity contribution in [1.29, 1.82) is 0 Å². The molecule has 0 aliphatic heterocycles. The van der Waals surface area contributed by atoms with Crippen molar-refractivity contribution >= 4 is 0 Å². The van der Waals surface area contributed by atoms with E-state index in [1.54, 1.807) is 0 Å². The predicted octanol–water partition coefficient (Wildman–Crippen LogP) is 4.92. The van der Waals surface area contributed by atoms with Crippen molar-refractivity contribution in [3.63, 3.8) is 0 Å². The van der Waals surface area contributed by atoms with Crippen LogP contribution in [0.2, 0.25) is 0 Å². The van der Waals surface area contributed by atoms with Gasteiger partial charge in [-0.2, -0.15) is 0 Å². The molecule has 0 heterocycles. The second kappa shape index (κ2) is 7.97. The van der Waals surface area contributed by atoms with Crippen LogP contribution in [-0.2, 0) is 0 Å². The van der Waals surface area contributed by atoms with Crippen molar-refractivity contribution in [2.45, 2.75) is 105 Å². The summed E-state index contributed by atoms with van der Waals surface area (Å²) >= 11 is 0. The van der Waals surface area contributed by atoms with Crippen LogP contribution in [0.15, 0.2) is 0 Å². The molecule has 0 spiro atoms. The topological polar surface area (TPSA) is 40.5 Å². The summed E-state index contributed by atoms with van der Waals surface area (Å²) in [5, 5.41) is 19.1. The lowest BCUT2D eigenvalue weighted by Crippen LogP contribution is -2.37. The van der Waals surface area contributed by atoms with E-state index in [0.29, 0.717) is 10.8 Å². The van der Waals surface area contributed by atoms with Crippen LogP contribution in [0.4, 0.5) is 0 Å². The van der Waals surface area contributed by atoms with Crippen molar-refractivity contribution in [3.8, 4) is 0 Å². The summed E-state index contributed by atoms with van der Waals surface area (Å²) in [6.45, 7) is 11.0. The molecule has 126 valence electrons. The first kappa shape index (κ1) is 19.0. The Bertz CT molecular complexity index is 280. The van der Waals surface area contributed by atoms with Crippen molar-refractivity contribution in [2.75, 3.05) is 0 Å². The molecule has 2 N–H and O–H groups in total. The standard InChI is InChI=1S/C19H38O2/c1-15-12-18(4,5)14-19(13-15,10-6-8-16(2)20)11-7-9-17(3)21/h15-17,20-21H,6-14H2,1-5H3. The molecule has 1 fully saturated rings. The van der Waals surface area contributed by atoms with Gasteiger partial charge in [0.05, 0.1) is 12.2 Å². The molecule has 21 heavy (non-hydrogen) atoms. The largest absolute Gasteiger partial charge is 0.393 e. The van der Waals surface area contributed by atoms with Crippen molar-refractivity contribution < 1.29 is 10.2 Å². The minimum absolute atomic E-state index is 0.173. The number of rotatable bonds is 8. The summed E-state index contributed by atoms with van der Waals surface area (Å²) in [7, 11) is 0. The Morgan fingerprint density at radius 2 is 1.43 bits per heavy atom. The van der Waals surface area contributed by atoms with Crippen LogP contribution in [0.5, 0.6) is 0 Å². The Hall–Kier alpha value is -0.0800. The maximum absolute atomic E-state index is 9.54. The second-order valence-electron chi connectivity index (χ2n) is 8.84. The molecule has 1 aliphatic rings. The lowest BCUT2D eigenvalue weighted by molar-refractivity contribution is 0.0238. The molecule has 3 atom stereocenters. The van der Waals surface area contributed by atoms with Crippen LogP contribution in [-0.4, -0.2) is 22.4 Å². The smallest absolute Gasteiger partial charge is 0.0512 e. The van der Waals surface area contributed by atoms with Gasteiger partial charge in [-0.05, 0) is 75.5 Å². The van der Waals surface area contributed by atoms with Crippen LogP contribution in [0.3, 0.4) is 0 Å². The van der Waals surface area contributed by atoms with Gasteiger partial charge in [0.1, 0.15) is 0 Å². The minimum atomic E-state index is -0.173. The van der Waals surface area contributed by atoms with E-state index in [-0.39, 0.29) is 12.2 Å². The molecule has 2 heteroatoms. The second-order valence-corrected chi connectivity index (χ2v) is 8.84. The first-order valence-electron chi connectivity index (χ1n) is 9.00. The molecule has 0 radical (unpaired) electrons. The van der Waals surface area contributed by atoms with E-state index in [1.165, 1.54) is 32.1 Å². The summed E-state index contributed by atoms with van der Waals surface area (Å²) in [6.07, 6.45) is 10.2. The molecular formula is C19H38O2. The summed E-state index contributed by atoms with van der Waals surface area (Å²) in [6, 6.07) is 0. The molecule has 1 saturated carbocycles. The molecule has 3 unspecified atom stereocenters. The first-order valence-corrected chi connectivity index (χ1v) is 9.00. The number of aliphatic hydroxyl groups excluding tert-OH is 2. The summed E-state index contributed by atoms with van der Waals surface area (Å²) < 4.78 is 0. The fourth-order valence-corrected chi connectivity index (χ4v) is 4.97. The average Bonchev–Trinajstić information content (AvgIpc) is 2.24. The van der Waals surface area contributed by atoms with E-state index < -0.39 is 0 Å². The minimum Gasteiger partial charge on any atom is -0.393 e. The molecule has 1 aliphatic carbocycles. The normalized spacial score (nSPS) is 31.9. The summed E-state index contributed by atoms with van der Waals surface area (Å²) in [5.41, 5.74) is 0.873. The van der Waals surface area contributed by atoms with Gasteiger partial charge in [-0.3, -0.25) is 0 Å². The lowest BCUT2D eigenvalue weighted by atomic mass is 9.57. The highest BCUT2D eigenvalue weighted by molar-refractivity contribution is 4.93. The van der Waals surface area contributed by atoms with Crippen LogP contribution in [0.1, 0.15) is 92.4 Å². The summed E-state index contributed by atoms with van der Waals surface area (Å²) in [5.74, 6) is 0.798. The maximum atomic E-state index is 9.54. The first-order chi connectivity index (χ1) is 9.64. The number of hydrogen-bond donors (Lipinski definition) is 2. The number of aliphatic hydroxyl groups is 2. The van der Waals surface area contributed by atoms with Gasteiger partial charge in [-0.15, -0.1) is 0 Å². The third kappa shape index (κ3) is 7.15. The van der Waals surface area contributed by atoms with Gasteiger partial charge in [0, 0.05) is 0 Å². The zero-order valence-electron chi connectivity index (χ0n) is 15.0. The predicted molar refractivity (Wildman–Crippen MR) is 90.3 cm³/mol. The fraction of sp³-hybridized carbons (Fsp3) is 1.00. The Morgan fingerprint density at radius 3 is 1.81 bits per heavy atom. The van der Waals surface area contributed by atoms with Gasteiger partial charge in [0.2, 0.25) is 0 Å². The van der Waals surface area contributed by atoms with Gasteiger partial charge in [0.15, 0.2) is 0 Å². The van der Waals surface area contributed by atoms with Crippen molar-refractivity contribution in [2.24, 2.45) is 16.7 Å². The zero-order valence-corrected chi connectivity index (χ0v) is 15.0. The van der Waals surface area contributed by atoms with Gasteiger partial charge in [0.25, 0.3) is 0 Å². The molecule has 0 saturated heterocycles. The highest BCUT2D eigenvalue weighted by Crippen LogP contribution is 2.53. The van der Waals surface area contributed by atoms with Crippen molar-refractivity contribution in [3.05, 3.63) is 0 Å². The molecule has 0 aromatic rings. The Morgan fingerprint density at radius 1 is 0.952 bits per heavy atom. The summed E-state index contributed by atoms with van der Waals surface area (Å²) in [4.78, 5) is 0. The zero-order chi connectivity index (χ0) is 16.1. The molecule has 0 amide bonds. The van der Waals surface area contributed by atoms with E-state index in [1.807, 2.05) is 13.8 Å². The van der Waals surface area contributed by atoms with Crippen LogP contribution >= 0.6 is 0 Å². The van der Waals surface area contributed by atoms with Gasteiger partial charge < -0.3 is 10.2 Å². The van der Waals surface area contributed by atoms with E-state index in [9.17, 15) is 10.2 Å². The van der Waals surface area contributed by atoms with Crippen LogP contribution in [0, 0.1) is 16.7 Å². The molecule has 1 rings (SSSR count). The highest BCUT2D eigenvalue weighted by Gasteiger charge is 2.41. The fourth-order valence-electron chi connectivity index (χ4n) is 4.97. The maximum Gasteiger partial charge on any atom is 0.0512 e. The highest BCUT2D eigenvalue weighted by atomic mass is 16.3. The molecule has 0 bridgehead atoms. The Kier molecular flexibility index (Phi) is 7.19. The average molecular weight is 299 g/mol. The molecule has 0 aromatic heterocycles. The van der Waals surface area contributed by atoms with E-state index >= 15 is 0 Å². The monoisotopic (exact) mass is 298 g/mol. The SMILES string of the molecule is CC(O)CCCC1(CCCC(C)O)CC(C)CC(C)(C)C1. The van der Waals surface area contributed by atoms with Crippen LogP contribution < -0.4 is 0 Å². The number of hydrogen-bond acceptors (Lipinski definition) is 2. The van der Waals surface area contributed by atoms with Gasteiger partial charge in [-0.25, -0.2) is 0 Å². The molecule has 0 aromatic carbocycles. The van der Waals surface area contributed by atoms with E-state index in [4.69, 9.17) is 0 Å². The van der Waals surface area contributed by atoms with Gasteiger partial charge in [-0.1, -0.05) is 33.6 Å². The molecule has 2 nitrogen and oxygen atoms in total. The Balaban J connectivity index is 2.67. The third-order valence-corrected chi connectivity index (χ3v) is 5.19. The third-order valence-electron chi connectivity index (χ3n) is 5.19. The lowest BCUT2D eigenvalue weighted by Gasteiger charge is -2.48.